The molecule has 3 rings (SSSR count). The van der Waals surface area contributed by atoms with Crippen LogP contribution in [0.25, 0.3) is 29.0 Å². The SMILES string of the molecule is C=Cn1nc(-c2ccc(OC)cc2)nc1-c1cccc(CN(C)C)c1.Cl. The first kappa shape index (κ1) is 19.7. The summed E-state index contributed by atoms with van der Waals surface area (Å²) in [4.78, 5) is 6.86. The lowest BCUT2D eigenvalue weighted by molar-refractivity contribution is 0.402. The Morgan fingerprint density at radius 3 is 2.46 bits per heavy atom. The monoisotopic (exact) mass is 370 g/mol. The Kier molecular flexibility index (Phi) is 6.55. The van der Waals surface area contributed by atoms with E-state index >= 15 is 0 Å². The van der Waals surface area contributed by atoms with Crippen LogP contribution in [-0.4, -0.2) is 40.9 Å². The molecular weight excluding hydrogens is 348 g/mol. The number of rotatable bonds is 6. The summed E-state index contributed by atoms with van der Waals surface area (Å²) in [7, 11) is 5.76. The van der Waals surface area contributed by atoms with E-state index in [4.69, 9.17) is 9.72 Å². The van der Waals surface area contributed by atoms with Crippen molar-refractivity contribution >= 4 is 18.6 Å². The Labute approximate surface area is 160 Å². The lowest BCUT2D eigenvalue weighted by atomic mass is 10.1. The predicted octanol–water partition coefficient (Wildman–Crippen LogP) is 4.20. The van der Waals surface area contributed by atoms with Gasteiger partial charge in [0.05, 0.1) is 7.11 Å². The molecule has 1 aromatic heterocycles. The largest absolute Gasteiger partial charge is 0.497 e. The summed E-state index contributed by atoms with van der Waals surface area (Å²) in [5.74, 6) is 2.25. The van der Waals surface area contributed by atoms with Gasteiger partial charge >= 0.3 is 0 Å². The minimum Gasteiger partial charge on any atom is -0.497 e. The van der Waals surface area contributed by atoms with Crippen LogP contribution in [0.5, 0.6) is 5.75 Å². The van der Waals surface area contributed by atoms with Crippen LogP contribution in [0.2, 0.25) is 0 Å². The summed E-state index contributed by atoms with van der Waals surface area (Å²) in [5, 5.41) is 4.56. The second kappa shape index (κ2) is 8.65. The van der Waals surface area contributed by atoms with Crippen molar-refractivity contribution in [1.82, 2.24) is 19.7 Å². The normalized spacial score (nSPS) is 10.5. The highest BCUT2D eigenvalue weighted by Gasteiger charge is 2.12. The molecule has 0 saturated carbocycles. The van der Waals surface area contributed by atoms with Gasteiger partial charge in [0.1, 0.15) is 5.75 Å². The molecule has 0 N–H and O–H groups in total. The fourth-order valence-electron chi connectivity index (χ4n) is 2.68. The molecule has 0 aliphatic heterocycles. The van der Waals surface area contributed by atoms with E-state index in [-0.39, 0.29) is 12.4 Å². The molecular formula is C20H23ClN4O. The Bertz CT molecular complexity index is 872. The van der Waals surface area contributed by atoms with Gasteiger partial charge in [0.15, 0.2) is 11.6 Å². The van der Waals surface area contributed by atoms with Crippen molar-refractivity contribution in [2.45, 2.75) is 6.54 Å². The molecule has 0 unspecified atom stereocenters. The van der Waals surface area contributed by atoms with E-state index in [0.717, 1.165) is 29.2 Å². The van der Waals surface area contributed by atoms with Gasteiger partial charge in [0.25, 0.3) is 0 Å². The number of hydrogen-bond donors (Lipinski definition) is 0. The third-order valence-corrected chi connectivity index (χ3v) is 3.84. The molecule has 1 heterocycles. The predicted molar refractivity (Wildman–Crippen MR) is 108 cm³/mol. The van der Waals surface area contributed by atoms with Gasteiger partial charge in [-0.3, -0.25) is 0 Å². The molecule has 0 atom stereocenters. The Morgan fingerprint density at radius 1 is 1.12 bits per heavy atom. The third-order valence-electron chi connectivity index (χ3n) is 3.84. The highest BCUT2D eigenvalue weighted by atomic mass is 35.5. The topological polar surface area (TPSA) is 43.2 Å². The average molecular weight is 371 g/mol. The summed E-state index contributed by atoms with van der Waals surface area (Å²) in [6, 6.07) is 16.1. The summed E-state index contributed by atoms with van der Waals surface area (Å²) >= 11 is 0. The van der Waals surface area contributed by atoms with Crippen LogP contribution >= 0.6 is 12.4 Å². The van der Waals surface area contributed by atoms with Gasteiger partial charge in [-0.25, -0.2) is 9.67 Å². The number of ether oxygens (including phenoxy) is 1. The van der Waals surface area contributed by atoms with Crippen LogP contribution in [-0.2, 0) is 6.54 Å². The van der Waals surface area contributed by atoms with Gasteiger partial charge in [-0.15, -0.1) is 17.5 Å². The molecule has 0 amide bonds. The lowest BCUT2D eigenvalue weighted by Crippen LogP contribution is -2.10. The van der Waals surface area contributed by atoms with E-state index in [1.165, 1.54) is 5.56 Å². The maximum atomic E-state index is 5.20. The molecule has 0 fully saturated rings. The Morgan fingerprint density at radius 2 is 1.85 bits per heavy atom. The highest BCUT2D eigenvalue weighted by Crippen LogP contribution is 2.25. The zero-order valence-electron chi connectivity index (χ0n) is 15.2. The molecule has 26 heavy (non-hydrogen) atoms. The molecule has 6 heteroatoms. The van der Waals surface area contributed by atoms with Crippen LogP contribution < -0.4 is 4.74 Å². The van der Waals surface area contributed by atoms with Gasteiger partial charge in [-0.1, -0.05) is 24.8 Å². The van der Waals surface area contributed by atoms with E-state index < -0.39 is 0 Å². The first-order valence-electron chi connectivity index (χ1n) is 8.08. The van der Waals surface area contributed by atoms with E-state index in [2.05, 4.69) is 42.8 Å². The quantitative estimate of drug-likeness (QED) is 0.652. The van der Waals surface area contributed by atoms with Gasteiger partial charge in [0.2, 0.25) is 0 Å². The van der Waals surface area contributed by atoms with E-state index in [1.807, 2.05) is 36.4 Å². The Hall–Kier alpha value is -2.63. The van der Waals surface area contributed by atoms with Gasteiger partial charge in [-0.2, -0.15) is 0 Å². The second-order valence-electron chi connectivity index (χ2n) is 6.05. The molecule has 0 spiro atoms. The first-order valence-corrected chi connectivity index (χ1v) is 8.08. The van der Waals surface area contributed by atoms with Gasteiger partial charge < -0.3 is 9.64 Å². The molecule has 0 aliphatic carbocycles. The fraction of sp³-hybridized carbons (Fsp3) is 0.200. The van der Waals surface area contributed by atoms with Crippen LogP contribution in [0.1, 0.15) is 5.56 Å². The first-order chi connectivity index (χ1) is 12.1. The smallest absolute Gasteiger partial charge is 0.182 e. The lowest BCUT2D eigenvalue weighted by Gasteiger charge is -2.10. The molecule has 0 radical (unpaired) electrons. The summed E-state index contributed by atoms with van der Waals surface area (Å²) < 4.78 is 6.92. The van der Waals surface area contributed by atoms with Crippen molar-refractivity contribution in [2.75, 3.05) is 21.2 Å². The van der Waals surface area contributed by atoms with Gasteiger partial charge in [0, 0.05) is 23.9 Å². The third kappa shape index (κ3) is 4.31. The van der Waals surface area contributed by atoms with Gasteiger partial charge in [-0.05, 0) is 50.0 Å². The minimum absolute atomic E-state index is 0. The molecule has 2 aromatic carbocycles. The highest BCUT2D eigenvalue weighted by molar-refractivity contribution is 5.85. The average Bonchev–Trinajstić information content (AvgIpc) is 3.06. The van der Waals surface area contributed by atoms with Crippen LogP contribution in [0.3, 0.4) is 0 Å². The van der Waals surface area contributed by atoms with Crippen LogP contribution in [0.15, 0.2) is 55.1 Å². The molecule has 0 bridgehead atoms. The van der Waals surface area contributed by atoms with E-state index in [1.54, 1.807) is 18.0 Å². The molecule has 0 aliphatic rings. The standard InChI is InChI=1S/C20H22N4O.ClH/c1-5-24-20(17-8-6-7-15(13-17)14-23(2)3)21-19(22-24)16-9-11-18(25-4)12-10-16;/h5-13H,1,14H2,2-4H3;1H. The fourth-order valence-corrected chi connectivity index (χ4v) is 2.68. The molecule has 3 aromatic rings. The molecule has 0 saturated heterocycles. The number of hydrogen-bond acceptors (Lipinski definition) is 4. The summed E-state index contributed by atoms with van der Waals surface area (Å²) in [5.41, 5.74) is 3.19. The maximum Gasteiger partial charge on any atom is 0.182 e. The number of aromatic nitrogens is 3. The van der Waals surface area contributed by atoms with Crippen molar-refractivity contribution < 1.29 is 4.74 Å². The molecule has 136 valence electrons. The van der Waals surface area contributed by atoms with E-state index in [9.17, 15) is 0 Å². The summed E-state index contributed by atoms with van der Waals surface area (Å²) in [6.45, 7) is 4.73. The van der Waals surface area contributed by atoms with Crippen LogP contribution in [0.4, 0.5) is 0 Å². The Balaban J connectivity index is 0.00000243. The minimum atomic E-state index is 0. The molecule has 5 nitrogen and oxygen atoms in total. The number of halogens is 1. The van der Waals surface area contributed by atoms with Crippen molar-refractivity contribution in [3.8, 4) is 28.5 Å². The second-order valence-corrected chi connectivity index (χ2v) is 6.05. The van der Waals surface area contributed by atoms with Crippen molar-refractivity contribution in [2.24, 2.45) is 0 Å². The maximum absolute atomic E-state index is 5.20. The van der Waals surface area contributed by atoms with Crippen molar-refractivity contribution in [3.63, 3.8) is 0 Å². The zero-order valence-corrected chi connectivity index (χ0v) is 16.0. The number of benzene rings is 2. The van der Waals surface area contributed by atoms with E-state index in [0.29, 0.717) is 5.82 Å². The van der Waals surface area contributed by atoms with Crippen molar-refractivity contribution in [3.05, 3.63) is 60.7 Å². The van der Waals surface area contributed by atoms with Crippen LogP contribution in [0, 0.1) is 0 Å². The zero-order chi connectivity index (χ0) is 17.8. The summed E-state index contributed by atoms with van der Waals surface area (Å²) in [6.07, 6.45) is 1.67. The number of nitrogens with zero attached hydrogens (tertiary/aromatic N) is 4. The number of methoxy groups -OCH3 is 1. The van der Waals surface area contributed by atoms with Crippen molar-refractivity contribution in [1.29, 1.82) is 0 Å².